The number of likely N-dealkylation sites (tertiary alicyclic amines) is 1. The Morgan fingerprint density at radius 3 is 2.41 bits per heavy atom. The zero-order valence-electron chi connectivity index (χ0n) is 17.0. The molecule has 2 rings (SSSR count). The summed E-state index contributed by atoms with van der Waals surface area (Å²) in [6, 6.07) is 10.2. The first kappa shape index (κ1) is 21.1. The first-order chi connectivity index (χ1) is 12.8. The summed E-state index contributed by atoms with van der Waals surface area (Å²) in [6.45, 7) is 8.29. The Kier molecular flexibility index (Phi) is 7.51. The fourth-order valence-electron chi connectivity index (χ4n) is 3.13. The van der Waals surface area contributed by atoms with E-state index in [-0.39, 0.29) is 17.9 Å². The number of carbonyl (C=O) groups is 2. The number of nitrogens with zero attached hydrogens (tertiary/aromatic N) is 2. The molecule has 1 N–H and O–H groups in total. The molecule has 0 spiro atoms. The lowest BCUT2D eigenvalue weighted by atomic mass is 9.96. The molecule has 1 aliphatic rings. The number of nitrogens with one attached hydrogen (secondary N) is 1. The van der Waals surface area contributed by atoms with E-state index in [4.69, 9.17) is 4.74 Å². The molecule has 0 aliphatic carbocycles. The number of anilines is 1. The van der Waals surface area contributed by atoms with Crippen LogP contribution in [-0.2, 0) is 9.53 Å². The quantitative estimate of drug-likeness (QED) is 0.775. The Labute approximate surface area is 162 Å². The van der Waals surface area contributed by atoms with Crippen LogP contribution in [0.5, 0.6) is 0 Å². The van der Waals surface area contributed by atoms with Gasteiger partial charge in [0.25, 0.3) is 0 Å². The van der Waals surface area contributed by atoms with Gasteiger partial charge in [0.15, 0.2) is 0 Å². The van der Waals surface area contributed by atoms with Crippen molar-refractivity contribution in [3.8, 4) is 0 Å². The second-order valence-corrected chi connectivity index (χ2v) is 8.14. The van der Waals surface area contributed by atoms with E-state index in [2.05, 4.69) is 29.4 Å². The normalized spacial score (nSPS) is 15.3. The van der Waals surface area contributed by atoms with Crippen molar-refractivity contribution in [2.45, 2.75) is 45.6 Å². The van der Waals surface area contributed by atoms with Crippen LogP contribution in [0.4, 0.5) is 10.5 Å². The molecular weight excluding hydrogens is 342 g/mol. The number of hydrogen-bond acceptors (Lipinski definition) is 4. The first-order valence-electron chi connectivity index (χ1n) is 9.78. The Balaban J connectivity index is 1.64. The number of ether oxygens (including phenoxy) is 1. The predicted octanol–water partition coefficient (Wildman–Crippen LogP) is 3.28. The number of amides is 2. The van der Waals surface area contributed by atoms with Crippen LogP contribution in [0.25, 0.3) is 0 Å². The van der Waals surface area contributed by atoms with Gasteiger partial charge in [0.2, 0.25) is 5.91 Å². The molecule has 0 unspecified atom stereocenters. The van der Waals surface area contributed by atoms with Crippen LogP contribution in [0.3, 0.4) is 0 Å². The Morgan fingerprint density at radius 1 is 1.19 bits per heavy atom. The minimum absolute atomic E-state index is 0.0180. The van der Waals surface area contributed by atoms with Crippen molar-refractivity contribution >= 4 is 17.7 Å². The number of para-hydroxylation sites is 1. The fourth-order valence-corrected chi connectivity index (χ4v) is 3.13. The number of rotatable bonds is 6. The second-order valence-electron chi connectivity index (χ2n) is 8.14. The maximum absolute atomic E-state index is 12.4. The summed E-state index contributed by atoms with van der Waals surface area (Å²) in [6.07, 6.45) is 1.99. The largest absolute Gasteiger partial charge is 0.444 e. The van der Waals surface area contributed by atoms with Gasteiger partial charge < -0.3 is 19.9 Å². The van der Waals surface area contributed by atoms with Gasteiger partial charge in [-0.15, -0.1) is 0 Å². The first-order valence-corrected chi connectivity index (χ1v) is 9.78. The lowest BCUT2D eigenvalue weighted by molar-refractivity contribution is -0.126. The van der Waals surface area contributed by atoms with E-state index in [0.717, 1.165) is 13.0 Å². The summed E-state index contributed by atoms with van der Waals surface area (Å²) in [4.78, 5) is 28.3. The third kappa shape index (κ3) is 7.12. The fraction of sp³-hybridized carbons (Fsp3) is 0.619. The predicted molar refractivity (Wildman–Crippen MR) is 108 cm³/mol. The zero-order valence-corrected chi connectivity index (χ0v) is 17.0. The molecule has 27 heavy (non-hydrogen) atoms. The monoisotopic (exact) mass is 375 g/mol. The Bertz CT molecular complexity index is 605. The highest BCUT2D eigenvalue weighted by Gasteiger charge is 2.29. The molecule has 1 aromatic rings. The van der Waals surface area contributed by atoms with Gasteiger partial charge in [-0.3, -0.25) is 4.79 Å². The van der Waals surface area contributed by atoms with Gasteiger partial charge in [0.05, 0.1) is 0 Å². The minimum atomic E-state index is -0.488. The molecule has 1 heterocycles. The number of hydrogen-bond donors (Lipinski definition) is 1. The van der Waals surface area contributed by atoms with E-state index < -0.39 is 5.60 Å². The van der Waals surface area contributed by atoms with E-state index in [1.54, 1.807) is 4.90 Å². The number of piperidine rings is 1. The van der Waals surface area contributed by atoms with Crippen LogP contribution in [-0.4, -0.2) is 55.7 Å². The molecule has 6 nitrogen and oxygen atoms in total. The van der Waals surface area contributed by atoms with Gasteiger partial charge >= 0.3 is 6.09 Å². The van der Waals surface area contributed by atoms with Gasteiger partial charge in [0, 0.05) is 44.8 Å². The molecule has 6 heteroatoms. The summed E-state index contributed by atoms with van der Waals surface area (Å²) in [5.74, 6) is 0.0803. The standard InChI is InChI=1S/C21H33N3O3/c1-21(2,3)27-20(26)24-15-11-17(12-16-24)19(25)22-13-8-14-23(4)18-9-6-5-7-10-18/h5-7,9-10,17H,8,11-16H2,1-4H3,(H,22,25). The van der Waals surface area contributed by atoms with Crippen LogP contribution in [0.2, 0.25) is 0 Å². The van der Waals surface area contributed by atoms with Crippen LogP contribution >= 0.6 is 0 Å². The zero-order chi connectivity index (χ0) is 19.9. The van der Waals surface area contributed by atoms with Crippen LogP contribution in [0.15, 0.2) is 30.3 Å². The van der Waals surface area contributed by atoms with E-state index in [1.807, 2.05) is 39.0 Å². The summed E-state index contributed by atoms with van der Waals surface area (Å²) in [7, 11) is 2.06. The van der Waals surface area contributed by atoms with E-state index in [0.29, 0.717) is 32.5 Å². The Hall–Kier alpha value is -2.24. The van der Waals surface area contributed by atoms with E-state index >= 15 is 0 Å². The summed E-state index contributed by atoms with van der Waals surface area (Å²) < 4.78 is 5.39. The molecule has 1 aromatic carbocycles. The topological polar surface area (TPSA) is 61.9 Å². The average molecular weight is 376 g/mol. The van der Waals surface area contributed by atoms with E-state index in [9.17, 15) is 9.59 Å². The Morgan fingerprint density at radius 2 is 1.81 bits per heavy atom. The van der Waals surface area contributed by atoms with Gasteiger partial charge in [-0.25, -0.2) is 4.79 Å². The van der Waals surface area contributed by atoms with Crippen LogP contribution in [0, 0.1) is 5.92 Å². The van der Waals surface area contributed by atoms with Crippen molar-refractivity contribution < 1.29 is 14.3 Å². The molecule has 1 fully saturated rings. The summed E-state index contributed by atoms with van der Waals surface area (Å²) >= 11 is 0. The minimum Gasteiger partial charge on any atom is -0.444 e. The molecule has 0 atom stereocenters. The van der Waals surface area contributed by atoms with E-state index in [1.165, 1.54) is 5.69 Å². The summed E-state index contributed by atoms with van der Waals surface area (Å²) in [5, 5.41) is 3.04. The van der Waals surface area contributed by atoms with Crippen molar-refractivity contribution in [2.75, 3.05) is 38.1 Å². The molecule has 0 radical (unpaired) electrons. The van der Waals surface area contributed by atoms with Gasteiger partial charge in [-0.2, -0.15) is 0 Å². The third-order valence-electron chi connectivity index (χ3n) is 4.68. The van der Waals surface area contributed by atoms with Crippen molar-refractivity contribution in [3.05, 3.63) is 30.3 Å². The van der Waals surface area contributed by atoms with Gasteiger partial charge in [-0.1, -0.05) is 18.2 Å². The van der Waals surface area contributed by atoms with Crippen molar-refractivity contribution in [3.63, 3.8) is 0 Å². The van der Waals surface area contributed by atoms with Crippen molar-refractivity contribution in [2.24, 2.45) is 5.92 Å². The molecular formula is C21H33N3O3. The molecule has 0 bridgehead atoms. The second kappa shape index (κ2) is 9.62. The smallest absolute Gasteiger partial charge is 0.410 e. The summed E-state index contributed by atoms with van der Waals surface area (Å²) in [5.41, 5.74) is 0.691. The van der Waals surface area contributed by atoms with Gasteiger partial charge in [-0.05, 0) is 52.2 Å². The van der Waals surface area contributed by atoms with Crippen molar-refractivity contribution in [1.82, 2.24) is 10.2 Å². The van der Waals surface area contributed by atoms with Gasteiger partial charge in [0.1, 0.15) is 5.60 Å². The molecule has 150 valence electrons. The van der Waals surface area contributed by atoms with Crippen molar-refractivity contribution in [1.29, 1.82) is 0 Å². The number of benzene rings is 1. The number of carbonyl (C=O) groups excluding carboxylic acids is 2. The maximum Gasteiger partial charge on any atom is 0.410 e. The molecule has 0 aromatic heterocycles. The highest BCUT2D eigenvalue weighted by atomic mass is 16.6. The maximum atomic E-state index is 12.4. The molecule has 2 amide bonds. The third-order valence-corrected chi connectivity index (χ3v) is 4.68. The average Bonchev–Trinajstić information content (AvgIpc) is 2.64. The van der Waals surface area contributed by atoms with Crippen LogP contribution < -0.4 is 10.2 Å². The molecule has 1 saturated heterocycles. The molecule has 1 aliphatic heterocycles. The SMILES string of the molecule is CN(CCCNC(=O)C1CCN(C(=O)OC(C)(C)C)CC1)c1ccccc1. The molecule has 0 saturated carbocycles. The highest BCUT2D eigenvalue weighted by Crippen LogP contribution is 2.20. The lowest BCUT2D eigenvalue weighted by Crippen LogP contribution is -2.45. The van der Waals surface area contributed by atoms with Crippen LogP contribution in [0.1, 0.15) is 40.0 Å². The lowest BCUT2D eigenvalue weighted by Gasteiger charge is -2.33. The highest BCUT2D eigenvalue weighted by molar-refractivity contribution is 5.79.